The Morgan fingerprint density at radius 2 is 2.29 bits per heavy atom. The van der Waals surface area contributed by atoms with E-state index in [1.54, 1.807) is 19.1 Å². The highest BCUT2D eigenvalue weighted by Gasteiger charge is 2.01. The molecule has 0 aliphatic heterocycles. The summed E-state index contributed by atoms with van der Waals surface area (Å²) in [5.74, 6) is -1.48. The summed E-state index contributed by atoms with van der Waals surface area (Å²) < 4.78 is 13.1. The Morgan fingerprint density at radius 1 is 1.57 bits per heavy atom. The van der Waals surface area contributed by atoms with E-state index >= 15 is 0 Å². The molecule has 0 aromatic heterocycles. The molecule has 0 saturated carbocycles. The molecule has 4 heteroatoms. The summed E-state index contributed by atoms with van der Waals surface area (Å²) in [6.07, 6.45) is 2.10. The first kappa shape index (κ1) is 10.2. The van der Waals surface area contributed by atoms with Gasteiger partial charge in [0.15, 0.2) is 0 Å². The van der Waals surface area contributed by atoms with E-state index in [9.17, 15) is 9.18 Å². The third-order valence-electron chi connectivity index (χ3n) is 1.68. The number of hydrogen-bond acceptors (Lipinski definition) is 2. The lowest BCUT2D eigenvalue weighted by Crippen LogP contribution is -1.96. The number of halogens is 1. The molecule has 0 atom stereocenters. The Hall–Kier alpha value is -1.84. The highest BCUT2D eigenvalue weighted by molar-refractivity contribution is 5.80. The van der Waals surface area contributed by atoms with Crippen LogP contribution in [-0.2, 0) is 4.79 Å². The molecule has 0 saturated heterocycles. The molecule has 0 fully saturated rings. The number of hydrogen-bond donors (Lipinski definition) is 2. The summed E-state index contributed by atoms with van der Waals surface area (Å²) in [6, 6.07) is 4.64. The highest BCUT2D eigenvalue weighted by Crippen LogP contribution is 2.18. The summed E-state index contributed by atoms with van der Waals surface area (Å²) in [5, 5.41) is 10.9. The number of benzene rings is 1. The molecule has 3 nitrogen and oxygen atoms in total. The highest BCUT2D eigenvalue weighted by atomic mass is 19.1. The topological polar surface area (TPSA) is 49.3 Å². The van der Waals surface area contributed by atoms with Crippen LogP contribution < -0.4 is 5.32 Å². The lowest BCUT2D eigenvalue weighted by molar-refractivity contribution is -0.131. The Balaban J connectivity index is 2.81. The van der Waals surface area contributed by atoms with Gasteiger partial charge in [0, 0.05) is 12.3 Å². The molecule has 0 unspecified atom stereocenters. The molecule has 1 rings (SSSR count). The van der Waals surface area contributed by atoms with Crippen molar-refractivity contribution in [3.63, 3.8) is 0 Å². The second-order valence-corrected chi connectivity index (χ2v) is 2.75. The van der Waals surface area contributed by atoms with E-state index in [4.69, 9.17) is 5.11 Å². The Kier molecular flexibility index (Phi) is 3.23. The van der Waals surface area contributed by atoms with Crippen molar-refractivity contribution in [2.75, 3.05) is 5.32 Å². The van der Waals surface area contributed by atoms with Crippen molar-refractivity contribution in [3.8, 4) is 0 Å². The number of nitrogens with one attached hydrogen (secondary N) is 1. The van der Waals surface area contributed by atoms with E-state index in [-0.39, 0.29) is 0 Å². The average Bonchev–Trinajstić information content (AvgIpc) is 2.09. The molecule has 0 amide bonds. The van der Waals surface area contributed by atoms with Crippen molar-refractivity contribution in [1.82, 2.24) is 0 Å². The van der Waals surface area contributed by atoms with Crippen LogP contribution in [0.2, 0.25) is 0 Å². The van der Waals surface area contributed by atoms with E-state index in [0.29, 0.717) is 5.69 Å². The third kappa shape index (κ3) is 2.58. The first-order valence-electron chi connectivity index (χ1n) is 4.02. The summed E-state index contributed by atoms with van der Waals surface area (Å²) >= 11 is 0. The summed E-state index contributed by atoms with van der Waals surface area (Å²) in [6.45, 7) is 1.74. The van der Waals surface area contributed by atoms with Crippen molar-refractivity contribution in [2.24, 2.45) is 0 Å². The van der Waals surface area contributed by atoms with Gasteiger partial charge in [0.2, 0.25) is 0 Å². The number of anilines is 1. The monoisotopic (exact) mass is 195 g/mol. The maximum absolute atomic E-state index is 13.1. The van der Waals surface area contributed by atoms with Crippen LogP contribution in [-0.4, -0.2) is 11.1 Å². The molecule has 2 N–H and O–H groups in total. The number of rotatable bonds is 3. The molecular weight excluding hydrogens is 185 g/mol. The number of aryl methyl sites for hydroxylation is 1. The smallest absolute Gasteiger partial charge is 0.329 e. The van der Waals surface area contributed by atoms with Crippen LogP contribution in [0.15, 0.2) is 30.5 Å². The minimum absolute atomic E-state index is 0.296. The summed E-state index contributed by atoms with van der Waals surface area (Å²) in [7, 11) is 0. The molecule has 1 aromatic rings. The maximum Gasteiger partial charge on any atom is 0.329 e. The number of carboxylic acids is 1. The van der Waals surface area contributed by atoms with Crippen LogP contribution in [0, 0.1) is 12.7 Å². The molecule has 0 heterocycles. The van der Waals surface area contributed by atoms with Gasteiger partial charge in [0.1, 0.15) is 5.82 Å². The zero-order chi connectivity index (χ0) is 10.6. The van der Waals surface area contributed by atoms with Crippen LogP contribution in [0.5, 0.6) is 0 Å². The second-order valence-electron chi connectivity index (χ2n) is 2.75. The van der Waals surface area contributed by atoms with Gasteiger partial charge in [-0.05, 0) is 18.6 Å². The number of carboxylic acid groups (broad SMARTS) is 1. The lowest BCUT2D eigenvalue weighted by atomic mass is 10.2. The van der Waals surface area contributed by atoms with Crippen molar-refractivity contribution in [3.05, 3.63) is 41.9 Å². The largest absolute Gasteiger partial charge is 0.478 e. The predicted octanol–water partition coefficient (Wildman–Crippen LogP) is 2.14. The van der Waals surface area contributed by atoms with Crippen LogP contribution in [0.3, 0.4) is 0 Å². The van der Waals surface area contributed by atoms with Gasteiger partial charge in [-0.3, -0.25) is 0 Å². The quantitative estimate of drug-likeness (QED) is 0.726. The lowest BCUT2D eigenvalue weighted by Gasteiger charge is -2.05. The van der Waals surface area contributed by atoms with Gasteiger partial charge in [-0.2, -0.15) is 0 Å². The molecule has 0 bridgehead atoms. The van der Waals surface area contributed by atoms with Gasteiger partial charge in [-0.25, -0.2) is 9.18 Å². The number of carbonyl (C=O) groups is 1. The first-order valence-corrected chi connectivity index (χ1v) is 4.02. The molecule has 1 aromatic carbocycles. The standard InChI is InChI=1S/C10H10FNO2/c1-7-3-2-4-8(11)10(7)12-6-5-9(13)14/h2-6,12H,1H3,(H,13,14)/b6-5+. The Bertz CT molecular complexity index is 354. The van der Waals surface area contributed by atoms with Gasteiger partial charge in [-0.1, -0.05) is 12.1 Å². The zero-order valence-corrected chi connectivity index (χ0v) is 7.62. The van der Waals surface area contributed by atoms with Crippen LogP contribution in [0.25, 0.3) is 0 Å². The number of aliphatic carboxylic acids is 1. The maximum atomic E-state index is 13.1. The third-order valence-corrected chi connectivity index (χ3v) is 1.68. The van der Waals surface area contributed by atoms with Gasteiger partial charge in [-0.15, -0.1) is 0 Å². The van der Waals surface area contributed by atoms with E-state index in [1.807, 2.05) is 0 Å². The van der Waals surface area contributed by atoms with Crippen molar-refractivity contribution in [1.29, 1.82) is 0 Å². The normalized spacial score (nSPS) is 10.4. The van der Waals surface area contributed by atoms with E-state index in [1.165, 1.54) is 12.3 Å². The SMILES string of the molecule is Cc1cccc(F)c1N/C=C/C(=O)O. The van der Waals surface area contributed by atoms with Crippen molar-refractivity contribution >= 4 is 11.7 Å². The molecule has 0 aliphatic carbocycles. The van der Waals surface area contributed by atoms with Crippen molar-refractivity contribution < 1.29 is 14.3 Å². The van der Waals surface area contributed by atoms with Crippen LogP contribution in [0.4, 0.5) is 10.1 Å². The second kappa shape index (κ2) is 4.41. The summed E-state index contributed by atoms with van der Waals surface area (Å²) in [5.41, 5.74) is 1.02. The molecular formula is C10H10FNO2. The average molecular weight is 195 g/mol. The van der Waals surface area contributed by atoms with E-state index in [2.05, 4.69) is 5.32 Å². The van der Waals surface area contributed by atoms with Crippen molar-refractivity contribution in [2.45, 2.75) is 6.92 Å². The minimum atomic E-state index is -1.08. The van der Waals surface area contributed by atoms with Gasteiger partial charge in [0.25, 0.3) is 0 Å². The summed E-state index contributed by atoms with van der Waals surface area (Å²) in [4.78, 5) is 10.1. The molecule has 0 spiro atoms. The first-order chi connectivity index (χ1) is 6.61. The van der Waals surface area contributed by atoms with Gasteiger partial charge >= 0.3 is 5.97 Å². The van der Waals surface area contributed by atoms with Gasteiger partial charge < -0.3 is 10.4 Å². The zero-order valence-electron chi connectivity index (χ0n) is 7.62. The van der Waals surface area contributed by atoms with Gasteiger partial charge in [0.05, 0.1) is 5.69 Å². The van der Waals surface area contributed by atoms with Crippen LogP contribution >= 0.6 is 0 Å². The molecule has 14 heavy (non-hydrogen) atoms. The molecule has 74 valence electrons. The van der Waals surface area contributed by atoms with Crippen LogP contribution in [0.1, 0.15) is 5.56 Å². The Morgan fingerprint density at radius 3 is 2.86 bits per heavy atom. The number of para-hydroxylation sites is 1. The Labute approximate surface area is 80.9 Å². The fraction of sp³-hybridized carbons (Fsp3) is 0.100. The molecule has 0 radical (unpaired) electrons. The van der Waals surface area contributed by atoms with E-state index in [0.717, 1.165) is 11.6 Å². The van der Waals surface area contributed by atoms with E-state index < -0.39 is 11.8 Å². The fourth-order valence-electron chi connectivity index (χ4n) is 1.01. The predicted molar refractivity (Wildman–Crippen MR) is 51.5 cm³/mol. The fourth-order valence-corrected chi connectivity index (χ4v) is 1.01. The minimum Gasteiger partial charge on any atom is -0.478 e. The molecule has 0 aliphatic rings.